The van der Waals surface area contributed by atoms with Crippen molar-refractivity contribution in [3.8, 4) is 0 Å². The van der Waals surface area contributed by atoms with E-state index in [0.717, 1.165) is 19.3 Å². The van der Waals surface area contributed by atoms with Crippen molar-refractivity contribution in [1.29, 1.82) is 0 Å². The molecule has 1 aromatic carbocycles. The van der Waals surface area contributed by atoms with Crippen LogP contribution >= 0.6 is 0 Å². The molecule has 1 saturated carbocycles. The Labute approximate surface area is 157 Å². The molecule has 0 bridgehead atoms. The highest BCUT2D eigenvalue weighted by atomic mass is 16.2. The monoisotopic (exact) mass is 368 g/mol. The molecule has 1 saturated heterocycles. The highest BCUT2D eigenvalue weighted by Crippen LogP contribution is 2.54. The molecule has 4 rings (SSSR count). The number of hydrogen-bond donors (Lipinski definition) is 2. The number of aromatic amines is 1. The SMILES string of the molecule is CC(C)C(=O)NC1CC12CCN(C(=O)c1n[nH]c(=O)c3ccccc13)CC2. The van der Waals surface area contributed by atoms with E-state index in [4.69, 9.17) is 0 Å². The lowest BCUT2D eigenvalue weighted by Gasteiger charge is -2.33. The molecular weight excluding hydrogens is 344 g/mol. The van der Waals surface area contributed by atoms with Gasteiger partial charge < -0.3 is 10.2 Å². The smallest absolute Gasteiger partial charge is 0.274 e. The topological polar surface area (TPSA) is 95.2 Å². The minimum absolute atomic E-state index is 0.0103. The van der Waals surface area contributed by atoms with E-state index in [9.17, 15) is 14.4 Å². The van der Waals surface area contributed by atoms with Gasteiger partial charge in [-0.05, 0) is 30.7 Å². The molecule has 7 heteroatoms. The van der Waals surface area contributed by atoms with E-state index in [0.29, 0.717) is 29.6 Å². The van der Waals surface area contributed by atoms with E-state index in [1.54, 1.807) is 29.2 Å². The molecule has 2 aromatic rings. The van der Waals surface area contributed by atoms with E-state index in [2.05, 4.69) is 15.5 Å². The summed E-state index contributed by atoms with van der Waals surface area (Å²) in [6.07, 6.45) is 2.75. The molecule has 7 nitrogen and oxygen atoms in total. The van der Waals surface area contributed by atoms with Crippen LogP contribution in [0.15, 0.2) is 29.1 Å². The first-order chi connectivity index (χ1) is 12.9. The normalized spacial score (nSPS) is 20.9. The molecule has 27 heavy (non-hydrogen) atoms. The van der Waals surface area contributed by atoms with Crippen LogP contribution in [0, 0.1) is 11.3 Å². The van der Waals surface area contributed by atoms with Gasteiger partial charge in [0.1, 0.15) is 0 Å². The number of piperidine rings is 1. The summed E-state index contributed by atoms with van der Waals surface area (Å²) in [5, 5.41) is 10.6. The Morgan fingerprint density at radius 1 is 1.22 bits per heavy atom. The zero-order valence-corrected chi connectivity index (χ0v) is 15.6. The predicted octanol–water partition coefficient (Wildman–Crippen LogP) is 1.69. The zero-order valence-electron chi connectivity index (χ0n) is 15.6. The molecule has 2 amide bonds. The Balaban J connectivity index is 1.46. The molecule has 142 valence electrons. The van der Waals surface area contributed by atoms with Gasteiger partial charge in [0, 0.05) is 30.4 Å². The van der Waals surface area contributed by atoms with Crippen molar-refractivity contribution >= 4 is 22.6 Å². The summed E-state index contributed by atoms with van der Waals surface area (Å²) in [4.78, 5) is 38.6. The highest BCUT2D eigenvalue weighted by Gasteiger charge is 2.56. The van der Waals surface area contributed by atoms with E-state index < -0.39 is 0 Å². The molecular formula is C20H24N4O3. The number of fused-ring (bicyclic) bond motifs is 1. The third-order valence-corrected chi connectivity index (χ3v) is 5.98. The van der Waals surface area contributed by atoms with Gasteiger partial charge in [-0.15, -0.1) is 0 Å². The van der Waals surface area contributed by atoms with Crippen LogP contribution in [-0.4, -0.2) is 46.0 Å². The van der Waals surface area contributed by atoms with E-state index in [-0.39, 0.29) is 34.7 Å². The molecule has 1 spiro atoms. The molecule has 0 radical (unpaired) electrons. The van der Waals surface area contributed by atoms with Crippen LogP contribution in [0.5, 0.6) is 0 Å². The number of nitrogens with zero attached hydrogens (tertiary/aromatic N) is 2. The van der Waals surface area contributed by atoms with E-state index in [1.807, 2.05) is 13.8 Å². The molecule has 2 aliphatic rings. The van der Waals surface area contributed by atoms with Gasteiger partial charge in [-0.3, -0.25) is 14.4 Å². The summed E-state index contributed by atoms with van der Waals surface area (Å²) >= 11 is 0. The van der Waals surface area contributed by atoms with Crippen molar-refractivity contribution in [2.24, 2.45) is 11.3 Å². The average molecular weight is 368 g/mol. The number of amides is 2. The summed E-state index contributed by atoms with van der Waals surface area (Å²) in [6.45, 7) is 5.07. The molecule has 1 aromatic heterocycles. The van der Waals surface area contributed by atoms with Gasteiger partial charge in [-0.1, -0.05) is 32.0 Å². The minimum Gasteiger partial charge on any atom is -0.353 e. The van der Waals surface area contributed by atoms with Crippen LogP contribution in [0.4, 0.5) is 0 Å². The second-order valence-corrected chi connectivity index (χ2v) is 8.02. The van der Waals surface area contributed by atoms with Crippen molar-refractivity contribution in [2.45, 2.75) is 39.2 Å². The summed E-state index contributed by atoms with van der Waals surface area (Å²) in [5.41, 5.74) is 0.144. The van der Waals surface area contributed by atoms with Crippen LogP contribution in [0.3, 0.4) is 0 Å². The fraction of sp³-hybridized carbons (Fsp3) is 0.500. The van der Waals surface area contributed by atoms with Crippen LogP contribution in [-0.2, 0) is 4.79 Å². The lowest BCUT2D eigenvalue weighted by atomic mass is 9.92. The summed E-state index contributed by atoms with van der Waals surface area (Å²) in [7, 11) is 0. The van der Waals surface area contributed by atoms with Crippen LogP contribution in [0.25, 0.3) is 10.8 Å². The van der Waals surface area contributed by atoms with Crippen molar-refractivity contribution in [3.05, 3.63) is 40.3 Å². The van der Waals surface area contributed by atoms with Crippen molar-refractivity contribution in [3.63, 3.8) is 0 Å². The Hall–Kier alpha value is -2.70. The Morgan fingerprint density at radius 2 is 1.89 bits per heavy atom. The van der Waals surface area contributed by atoms with Crippen molar-refractivity contribution < 1.29 is 9.59 Å². The Bertz CT molecular complexity index is 957. The van der Waals surface area contributed by atoms with Crippen molar-refractivity contribution in [1.82, 2.24) is 20.4 Å². The minimum atomic E-state index is -0.290. The number of hydrogen-bond acceptors (Lipinski definition) is 4. The molecule has 1 atom stereocenters. The third kappa shape index (κ3) is 3.11. The second kappa shape index (κ2) is 6.48. The van der Waals surface area contributed by atoms with Crippen LogP contribution in [0.1, 0.15) is 43.6 Å². The van der Waals surface area contributed by atoms with Gasteiger partial charge >= 0.3 is 0 Å². The number of nitrogens with one attached hydrogen (secondary N) is 2. The first-order valence-corrected chi connectivity index (χ1v) is 9.48. The quantitative estimate of drug-likeness (QED) is 0.862. The lowest BCUT2D eigenvalue weighted by Crippen LogP contribution is -2.42. The molecule has 2 fully saturated rings. The lowest BCUT2D eigenvalue weighted by molar-refractivity contribution is -0.124. The van der Waals surface area contributed by atoms with E-state index in [1.165, 1.54) is 0 Å². The van der Waals surface area contributed by atoms with Gasteiger partial charge in [0.25, 0.3) is 11.5 Å². The second-order valence-electron chi connectivity index (χ2n) is 8.02. The maximum absolute atomic E-state index is 13.0. The Kier molecular flexibility index (Phi) is 4.25. The number of carbonyl (C=O) groups is 2. The summed E-state index contributed by atoms with van der Waals surface area (Å²) in [6, 6.07) is 7.27. The summed E-state index contributed by atoms with van der Waals surface area (Å²) in [5.74, 6) is -0.0658. The largest absolute Gasteiger partial charge is 0.353 e. The Morgan fingerprint density at radius 3 is 2.56 bits per heavy atom. The predicted molar refractivity (Wildman–Crippen MR) is 101 cm³/mol. The van der Waals surface area contributed by atoms with Gasteiger partial charge in [-0.25, -0.2) is 5.10 Å². The van der Waals surface area contributed by atoms with E-state index >= 15 is 0 Å². The molecule has 2 heterocycles. The first kappa shape index (κ1) is 17.7. The number of H-pyrrole nitrogens is 1. The first-order valence-electron chi connectivity index (χ1n) is 9.48. The van der Waals surface area contributed by atoms with Gasteiger partial charge in [-0.2, -0.15) is 5.10 Å². The van der Waals surface area contributed by atoms with Crippen LogP contribution in [0.2, 0.25) is 0 Å². The molecule has 1 aliphatic heterocycles. The third-order valence-electron chi connectivity index (χ3n) is 5.98. The molecule has 1 aliphatic carbocycles. The van der Waals surface area contributed by atoms with Crippen LogP contribution < -0.4 is 10.9 Å². The number of likely N-dealkylation sites (tertiary alicyclic amines) is 1. The van der Waals surface area contributed by atoms with Gasteiger partial charge in [0.05, 0.1) is 5.39 Å². The van der Waals surface area contributed by atoms with Gasteiger partial charge in [0.15, 0.2) is 5.69 Å². The molecule has 1 unspecified atom stereocenters. The highest BCUT2D eigenvalue weighted by molar-refractivity contribution is 6.04. The fourth-order valence-electron chi connectivity index (χ4n) is 4.03. The van der Waals surface area contributed by atoms with Crippen molar-refractivity contribution in [2.75, 3.05) is 13.1 Å². The average Bonchev–Trinajstić information content (AvgIpc) is 3.33. The molecule has 2 N–H and O–H groups in total. The number of aromatic nitrogens is 2. The standard InChI is InChI=1S/C20H24N4O3/c1-12(2)17(25)21-15-11-20(15)7-9-24(10-8-20)19(27)16-13-5-3-4-6-14(13)18(26)23-22-16/h3-6,12,15H,7-11H2,1-2H3,(H,21,25)(H,23,26). The maximum atomic E-state index is 13.0. The fourth-order valence-corrected chi connectivity index (χ4v) is 4.03. The maximum Gasteiger partial charge on any atom is 0.274 e. The number of rotatable bonds is 3. The van der Waals surface area contributed by atoms with Gasteiger partial charge in [0.2, 0.25) is 5.91 Å². The number of carbonyl (C=O) groups excluding carboxylic acids is 2. The number of benzene rings is 1. The summed E-state index contributed by atoms with van der Waals surface area (Å²) < 4.78 is 0. The zero-order chi connectivity index (χ0) is 19.2.